The third kappa shape index (κ3) is 5.85. The molecule has 11 heteroatoms. The second-order valence-corrected chi connectivity index (χ2v) is 8.34. The van der Waals surface area contributed by atoms with Crippen LogP contribution in [0.3, 0.4) is 0 Å². The number of hydrogen-bond donors (Lipinski definition) is 1. The Kier molecular flexibility index (Phi) is 6.77. The lowest BCUT2D eigenvalue weighted by atomic mass is 10.1. The summed E-state index contributed by atoms with van der Waals surface area (Å²) in [5.41, 5.74) is -4.74. The number of nitrogens with zero attached hydrogens (tertiary/aromatic N) is 1. The molecule has 146 valence electrons. The summed E-state index contributed by atoms with van der Waals surface area (Å²) in [6, 6.07) is 10.9. The number of nitrogens with one attached hydrogen (secondary N) is 1. The van der Waals surface area contributed by atoms with Crippen molar-refractivity contribution in [1.82, 2.24) is 0 Å². The van der Waals surface area contributed by atoms with Crippen molar-refractivity contribution in [3.05, 3.63) is 63.1 Å². The average molecular weight is 486 g/mol. The molecule has 27 heavy (non-hydrogen) atoms. The molecule has 0 saturated heterocycles. The molecule has 0 aromatic heterocycles. The molecular formula is C16H13BrClF3N2O3S. The van der Waals surface area contributed by atoms with Crippen LogP contribution >= 0.6 is 27.5 Å². The van der Waals surface area contributed by atoms with Gasteiger partial charge in [-0.05, 0) is 42.8 Å². The molecule has 0 aliphatic heterocycles. The minimum absolute atomic E-state index is 0.0612. The molecule has 0 bridgehead atoms. The van der Waals surface area contributed by atoms with E-state index in [1.54, 1.807) is 12.1 Å². The number of anilines is 1. The fourth-order valence-electron chi connectivity index (χ4n) is 1.94. The molecule has 0 saturated carbocycles. The van der Waals surface area contributed by atoms with Crippen LogP contribution in [-0.2, 0) is 21.5 Å². The molecular weight excluding hydrogens is 473 g/mol. The van der Waals surface area contributed by atoms with E-state index >= 15 is 0 Å². The van der Waals surface area contributed by atoms with Crippen LogP contribution in [0.2, 0.25) is 5.02 Å². The molecule has 0 atom stereocenters. The molecule has 0 aliphatic carbocycles. The third-order valence-corrected chi connectivity index (χ3v) is 5.13. The second kappa shape index (κ2) is 8.49. The number of hydrogen-bond acceptors (Lipinski definition) is 4. The van der Waals surface area contributed by atoms with E-state index in [-0.39, 0.29) is 28.6 Å². The highest BCUT2D eigenvalue weighted by molar-refractivity contribution is 9.10. The summed E-state index contributed by atoms with van der Waals surface area (Å²) in [4.78, 5) is 5.20. The van der Waals surface area contributed by atoms with Gasteiger partial charge in [0.15, 0.2) is 0 Å². The SMILES string of the molecule is CC(=NOCc1ccc(Br)cc1)c1cc(Cl)ccc1NS(=O)(=O)C(F)(F)F. The first-order valence-corrected chi connectivity index (χ1v) is 9.95. The lowest BCUT2D eigenvalue weighted by Gasteiger charge is -2.14. The highest BCUT2D eigenvalue weighted by Gasteiger charge is 2.46. The third-order valence-electron chi connectivity index (χ3n) is 3.27. The number of alkyl halides is 3. The zero-order valence-corrected chi connectivity index (χ0v) is 16.9. The van der Waals surface area contributed by atoms with Crippen LogP contribution < -0.4 is 4.72 Å². The summed E-state index contributed by atoms with van der Waals surface area (Å²) in [6.45, 7) is 1.58. The summed E-state index contributed by atoms with van der Waals surface area (Å²) in [7, 11) is -5.58. The Morgan fingerprint density at radius 1 is 1.22 bits per heavy atom. The van der Waals surface area contributed by atoms with E-state index in [0.717, 1.165) is 16.1 Å². The van der Waals surface area contributed by atoms with Crippen molar-refractivity contribution in [2.45, 2.75) is 19.0 Å². The van der Waals surface area contributed by atoms with Gasteiger partial charge in [-0.25, -0.2) is 0 Å². The van der Waals surface area contributed by atoms with E-state index in [1.807, 2.05) is 12.1 Å². The van der Waals surface area contributed by atoms with E-state index in [4.69, 9.17) is 16.4 Å². The van der Waals surface area contributed by atoms with Gasteiger partial charge in [-0.2, -0.15) is 21.6 Å². The first kappa shape index (κ1) is 21.5. The maximum atomic E-state index is 12.6. The van der Waals surface area contributed by atoms with Crippen molar-refractivity contribution in [3.63, 3.8) is 0 Å². The maximum Gasteiger partial charge on any atom is 0.516 e. The summed E-state index contributed by atoms with van der Waals surface area (Å²) in [6.07, 6.45) is 0. The molecule has 0 radical (unpaired) electrons. The molecule has 1 N–H and O–H groups in total. The standard InChI is InChI=1S/C16H13BrClF3N2O3S/c1-10(22-26-9-11-2-4-12(17)5-3-11)14-8-13(18)6-7-15(14)23-27(24,25)16(19,20)21/h2-8,23H,9H2,1H3. The molecule has 2 rings (SSSR count). The molecule has 0 heterocycles. The van der Waals surface area contributed by atoms with Gasteiger partial charge in [0.2, 0.25) is 0 Å². The Morgan fingerprint density at radius 3 is 2.44 bits per heavy atom. The molecule has 0 amide bonds. The van der Waals surface area contributed by atoms with Crippen molar-refractivity contribution in [3.8, 4) is 0 Å². The summed E-state index contributed by atoms with van der Waals surface area (Å²) in [5.74, 6) is 0. The zero-order chi connectivity index (χ0) is 20.2. The van der Waals surface area contributed by atoms with Crippen molar-refractivity contribution < 1.29 is 26.4 Å². The van der Waals surface area contributed by atoms with Crippen LogP contribution in [0.15, 0.2) is 52.1 Å². The lowest BCUT2D eigenvalue weighted by molar-refractivity contribution is -0.0429. The van der Waals surface area contributed by atoms with Crippen LogP contribution in [0.5, 0.6) is 0 Å². The molecule has 0 spiro atoms. The predicted octanol–water partition coefficient (Wildman–Crippen LogP) is 5.30. The smallest absolute Gasteiger partial charge is 0.391 e. The number of rotatable bonds is 6. The topological polar surface area (TPSA) is 67.8 Å². The van der Waals surface area contributed by atoms with E-state index in [0.29, 0.717) is 0 Å². The van der Waals surface area contributed by atoms with Crippen molar-refractivity contribution in [2.24, 2.45) is 5.16 Å². The summed E-state index contributed by atoms with van der Waals surface area (Å²) in [5, 5.41) is 4.03. The summed E-state index contributed by atoms with van der Waals surface area (Å²) >= 11 is 9.17. The number of halogens is 5. The van der Waals surface area contributed by atoms with E-state index in [9.17, 15) is 21.6 Å². The van der Waals surface area contributed by atoms with Gasteiger partial charge in [0, 0.05) is 15.1 Å². The molecule has 2 aromatic rings. The highest BCUT2D eigenvalue weighted by Crippen LogP contribution is 2.29. The zero-order valence-electron chi connectivity index (χ0n) is 13.7. The van der Waals surface area contributed by atoms with E-state index in [2.05, 4.69) is 21.1 Å². The van der Waals surface area contributed by atoms with Crippen LogP contribution in [0.4, 0.5) is 18.9 Å². The molecule has 5 nitrogen and oxygen atoms in total. The van der Waals surface area contributed by atoms with Crippen molar-refractivity contribution in [2.75, 3.05) is 4.72 Å². The van der Waals surface area contributed by atoms with Crippen LogP contribution in [0, 0.1) is 0 Å². The minimum atomic E-state index is -5.58. The van der Waals surface area contributed by atoms with Crippen molar-refractivity contribution in [1.29, 1.82) is 0 Å². The monoisotopic (exact) mass is 484 g/mol. The van der Waals surface area contributed by atoms with Gasteiger partial charge in [-0.15, -0.1) is 0 Å². The van der Waals surface area contributed by atoms with Gasteiger partial charge in [0.1, 0.15) is 6.61 Å². The Morgan fingerprint density at radius 2 is 1.85 bits per heavy atom. The maximum absolute atomic E-state index is 12.6. The Hall–Kier alpha value is -1.78. The fourth-order valence-corrected chi connectivity index (χ4v) is 2.96. The first-order valence-electron chi connectivity index (χ1n) is 7.29. The Balaban J connectivity index is 2.23. The molecule has 0 fully saturated rings. The van der Waals surface area contributed by atoms with Gasteiger partial charge in [0.05, 0.1) is 11.4 Å². The predicted molar refractivity (Wildman–Crippen MR) is 101 cm³/mol. The molecule has 2 aromatic carbocycles. The van der Waals surface area contributed by atoms with Crippen LogP contribution in [0.1, 0.15) is 18.1 Å². The minimum Gasteiger partial charge on any atom is -0.391 e. The van der Waals surface area contributed by atoms with Crippen LogP contribution in [0.25, 0.3) is 0 Å². The van der Waals surface area contributed by atoms with E-state index in [1.165, 1.54) is 23.8 Å². The number of sulfonamides is 1. The van der Waals surface area contributed by atoms with Gasteiger partial charge >= 0.3 is 15.5 Å². The quantitative estimate of drug-likeness (QED) is 0.446. The Labute approximate surface area is 167 Å². The molecule has 0 aliphatic rings. The Bertz CT molecular complexity index is 948. The first-order chi connectivity index (χ1) is 12.5. The number of oxime groups is 1. The lowest BCUT2D eigenvalue weighted by Crippen LogP contribution is -2.30. The normalized spacial score (nSPS) is 12.7. The van der Waals surface area contributed by atoms with E-state index < -0.39 is 15.5 Å². The fraction of sp³-hybridized carbons (Fsp3) is 0.188. The highest BCUT2D eigenvalue weighted by atomic mass is 79.9. The largest absolute Gasteiger partial charge is 0.516 e. The van der Waals surface area contributed by atoms with Gasteiger partial charge in [0.25, 0.3) is 0 Å². The molecule has 0 unspecified atom stereocenters. The average Bonchev–Trinajstić information content (AvgIpc) is 2.57. The summed E-state index contributed by atoms with van der Waals surface area (Å²) < 4.78 is 63.0. The van der Waals surface area contributed by atoms with Crippen molar-refractivity contribution >= 4 is 49.0 Å². The van der Waals surface area contributed by atoms with Crippen LogP contribution in [-0.4, -0.2) is 19.6 Å². The van der Waals surface area contributed by atoms with Gasteiger partial charge in [-0.1, -0.05) is 44.8 Å². The van der Waals surface area contributed by atoms with Gasteiger partial charge < -0.3 is 4.84 Å². The van der Waals surface area contributed by atoms with Gasteiger partial charge in [-0.3, -0.25) is 4.72 Å². The number of benzene rings is 2. The second-order valence-electron chi connectivity index (χ2n) is 5.32.